The number of nitrogen functional groups attached to an aromatic ring is 1. The number of aromatic nitrogens is 1. The molecule has 3 heterocycles. The number of pyridine rings is 1. The molecule has 1 aromatic rings. The van der Waals surface area contributed by atoms with Crippen molar-refractivity contribution in [1.29, 1.82) is 0 Å². The topological polar surface area (TPSA) is 54.2 Å². The maximum Gasteiger partial charge on any atom is 0.123 e. The van der Waals surface area contributed by atoms with Crippen LogP contribution in [0.1, 0.15) is 6.42 Å². The summed E-state index contributed by atoms with van der Waals surface area (Å²) in [5, 5.41) is 3.43. The van der Waals surface area contributed by atoms with Crippen LogP contribution < -0.4 is 16.0 Å². The highest BCUT2D eigenvalue weighted by Crippen LogP contribution is 2.38. The molecule has 3 rings (SSSR count). The van der Waals surface area contributed by atoms with Crippen molar-refractivity contribution in [2.75, 3.05) is 36.8 Å². The molecule has 0 atom stereocenters. The third-order valence-electron chi connectivity index (χ3n) is 3.52. The van der Waals surface area contributed by atoms with E-state index in [1.807, 2.05) is 12.3 Å². The lowest BCUT2D eigenvalue weighted by molar-refractivity contribution is 0.243. The van der Waals surface area contributed by atoms with Gasteiger partial charge in [0.15, 0.2) is 0 Å². The van der Waals surface area contributed by atoms with Crippen molar-refractivity contribution in [3.8, 4) is 0 Å². The number of hydrogen-bond donors (Lipinski definition) is 2. The average molecular weight is 204 g/mol. The molecule has 0 amide bonds. The van der Waals surface area contributed by atoms with E-state index in [0.717, 1.165) is 13.1 Å². The van der Waals surface area contributed by atoms with Crippen LogP contribution in [0.25, 0.3) is 0 Å². The standard InChI is InChI=1S/C11H16N4/c12-10-2-1-9(5-14-10)15-7-11(8-15)3-4-13-6-11/h1-2,5,13H,3-4,6-8H2,(H2,12,14). The second-order valence-electron chi connectivity index (χ2n) is 4.72. The van der Waals surface area contributed by atoms with Gasteiger partial charge in [0, 0.05) is 25.0 Å². The maximum absolute atomic E-state index is 5.56. The quantitative estimate of drug-likeness (QED) is 0.698. The van der Waals surface area contributed by atoms with Crippen molar-refractivity contribution >= 4 is 11.5 Å². The number of nitrogens with one attached hydrogen (secondary N) is 1. The molecule has 4 nitrogen and oxygen atoms in total. The van der Waals surface area contributed by atoms with Crippen LogP contribution in [0, 0.1) is 5.41 Å². The highest BCUT2D eigenvalue weighted by Gasteiger charge is 2.44. The number of anilines is 2. The first-order valence-corrected chi connectivity index (χ1v) is 5.45. The minimum atomic E-state index is 0.543. The summed E-state index contributed by atoms with van der Waals surface area (Å²) in [6, 6.07) is 3.92. The number of rotatable bonds is 1. The number of nitrogens with zero attached hydrogens (tertiary/aromatic N) is 2. The summed E-state index contributed by atoms with van der Waals surface area (Å²) in [6.07, 6.45) is 3.18. The zero-order valence-electron chi connectivity index (χ0n) is 8.74. The Morgan fingerprint density at radius 3 is 2.87 bits per heavy atom. The molecule has 2 saturated heterocycles. The van der Waals surface area contributed by atoms with E-state index >= 15 is 0 Å². The van der Waals surface area contributed by atoms with Gasteiger partial charge in [-0.3, -0.25) is 0 Å². The molecule has 3 N–H and O–H groups in total. The Kier molecular flexibility index (Phi) is 1.85. The molecule has 0 aliphatic carbocycles. The Labute approximate surface area is 89.5 Å². The predicted octanol–water partition coefficient (Wildman–Crippen LogP) is 0.463. The Bertz CT molecular complexity index is 345. The number of hydrogen-bond acceptors (Lipinski definition) is 4. The SMILES string of the molecule is Nc1ccc(N2CC3(CCNC3)C2)cn1. The molecule has 4 heteroatoms. The van der Waals surface area contributed by atoms with E-state index in [1.54, 1.807) is 0 Å². The largest absolute Gasteiger partial charge is 0.384 e. The minimum Gasteiger partial charge on any atom is -0.384 e. The summed E-state index contributed by atoms with van der Waals surface area (Å²) in [6.45, 7) is 4.66. The fraction of sp³-hybridized carbons (Fsp3) is 0.545. The molecule has 0 aromatic carbocycles. The normalized spacial score (nSPS) is 23.1. The lowest BCUT2D eigenvalue weighted by atomic mass is 9.79. The van der Waals surface area contributed by atoms with Crippen LogP contribution in [0.4, 0.5) is 11.5 Å². The van der Waals surface area contributed by atoms with Gasteiger partial charge in [-0.15, -0.1) is 0 Å². The predicted molar refractivity (Wildman–Crippen MR) is 60.8 cm³/mol. The van der Waals surface area contributed by atoms with Gasteiger partial charge in [0.2, 0.25) is 0 Å². The third kappa shape index (κ3) is 1.45. The van der Waals surface area contributed by atoms with Crippen molar-refractivity contribution in [3.63, 3.8) is 0 Å². The molecule has 2 aliphatic heterocycles. The summed E-state index contributed by atoms with van der Waals surface area (Å²) < 4.78 is 0. The summed E-state index contributed by atoms with van der Waals surface area (Å²) in [7, 11) is 0. The maximum atomic E-state index is 5.56. The van der Waals surface area contributed by atoms with Gasteiger partial charge in [-0.05, 0) is 25.1 Å². The van der Waals surface area contributed by atoms with Crippen LogP contribution >= 0.6 is 0 Å². The van der Waals surface area contributed by atoms with Crippen LogP contribution in [0.2, 0.25) is 0 Å². The van der Waals surface area contributed by atoms with Gasteiger partial charge in [-0.2, -0.15) is 0 Å². The van der Waals surface area contributed by atoms with Crippen molar-refractivity contribution in [3.05, 3.63) is 18.3 Å². The summed E-state index contributed by atoms with van der Waals surface area (Å²) >= 11 is 0. The first kappa shape index (κ1) is 8.97. The van der Waals surface area contributed by atoms with E-state index in [-0.39, 0.29) is 0 Å². The van der Waals surface area contributed by atoms with Gasteiger partial charge in [-0.1, -0.05) is 0 Å². The van der Waals surface area contributed by atoms with E-state index in [4.69, 9.17) is 5.73 Å². The molecule has 0 unspecified atom stereocenters. The summed E-state index contributed by atoms with van der Waals surface area (Å²) in [5.74, 6) is 0.594. The second-order valence-corrected chi connectivity index (χ2v) is 4.72. The summed E-state index contributed by atoms with van der Waals surface area (Å²) in [4.78, 5) is 6.49. The zero-order valence-corrected chi connectivity index (χ0v) is 8.74. The molecule has 80 valence electrons. The van der Waals surface area contributed by atoms with Gasteiger partial charge in [0.05, 0.1) is 11.9 Å². The lowest BCUT2D eigenvalue weighted by Gasteiger charge is -2.49. The van der Waals surface area contributed by atoms with Crippen LogP contribution in [0.5, 0.6) is 0 Å². The fourth-order valence-electron chi connectivity index (χ4n) is 2.60. The molecule has 1 aromatic heterocycles. The van der Waals surface area contributed by atoms with E-state index in [2.05, 4.69) is 21.3 Å². The first-order chi connectivity index (χ1) is 7.27. The smallest absolute Gasteiger partial charge is 0.123 e. The van der Waals surface area contributed by atoms with Crippen LogP contribution in [-0.2, 0) is 0 Å². The van der Waals surface area contributed by atoms with E-state index in [1.165, 1.54) is 25.2 Å². The van der Waals surface area contributed by atoms with E-state index in [0.29, 0.717) is 11.2 Å². The van der Waals surface area contributed by atoms with Crippen LogP contribution in [0.15, 0.2) is 18.3 Å². The zero-order chi connectivity index (χ0) is 10.3. The van der Waals surface area contributed by atoms with Gasteiger partial charge >= 0.3 is 0 Å². The first-order valence-electron chi connectivity index (χ1n) is 5.45. The Morgan fingerprint density at radius 1 is 1.40 bits per heavy atom. The Hall–Kier alpha value is -1.29. The Balaban J connectivity index is 1.69. The van der Waals surface area contributed by atoms with Crippen LogP contribution in [-0.4, -0.2) is 31.2 Å². The summed E-state index contributed by atoms with van der Waals surface area (Å²) in [5.41, 5.74) is 7.30. The minimum absolute atomic E-state index is 0.543. The molecule has 0 radical (unpaired) electrons. The van der Waals surface area contributed by atoms with Crippen molar-refractivity contribution in [2.45, 2.75) is 6.42 Å². The molecule has 2 fully saturated rings. The van der Waals surface area contributed by atoms with Crippen molar-refractivity contribution in [2.24, 2.45) is 5.41 Å². The second kappa shape index (κ2) is 3.10. The molecule has 0 saturated carbocycles. The van der Waals surface area contributed by atoms with Gasteiger partial charge in [-0.25, -0.2) is 4.98 Å². The molecular formula is C11H16N4. The third-order valence-corrected chi connectivity index (χ3v) is 3.52. The molecular weight excluding hydrogens is 188 g/mol. The van der Waals surface area contributed by atoms with Gasteiger partial charge < -0.3 is 16.0 Å². The Morgan fingerprint density at radius 2 is 2.27 bits per heavy atom. The molecule has 2 aliphatic rings. The monoisotopic (exact) mass is 204 g/mol. The average Bonchev–Trinajstić information content (AvgIpc) is 2.66. The van der Waals surface area contributed by atoms with E-state index < -0.39 is 0 Å². The molecule has 15 heavy (non-hydrogen) atoms. The van der Waals surface area contributed by atoms with Gasteiger partial charge in [0.1, 0.15) is 5.82 Å². The van der Waals surface area contributed by atoms with E-state index in [9.17, 15) is 0 Å². The van der Waals surface area contributed by atoms with Gasteiger partial charge in [0.25, 0.3) is 0 Å². The number of nitrogens with two attached hydrogens (primary N) is 1. The van der Waals surface area contributed by atoms with Crippen molar-refractivity contribution in [1.82, 2.24) is 10.3 Å². The van der Waals surface area contributed by atoms with Crippen molar-refractivity contribution < 1.29 is 0 Å². The van der Waals surface area contributed by atoms with Crippen LogP contribution in [0.3, 0.4) is 0 Å². The molecule has 1 spiro atoms. The fourth-order valence-corrected chi connectivity index (χ4v) is 2.60. The lowest BCUT2D eigenvalue weighted by Crippen LogP contribution is -2.57. The molecule has 0 bridgehead atoms. The highest BCUT2D eigenvalue weighted by atomic mass is 15.2. The highest BCUT2D eigenvalue weighted by molar-refractivity contribution is 5.51.